The van der Waals surface area contributed by atoms with Crippen molar-refractivity contribution in [3.63, 3.8) is 0 Å². The highest BCUT2D eigenvalue weighted by Crippen LogP contribution is 2.13. The van der Waals surface area contributed by atoms with Crippen molar-refractivity contribution in [1.82, 2.24) is 0 Å². The molecule has 220 valence electrons. The van der Waals surface area contributed by atoms with Crippen LogP contribution < -0.4 is 43.1 Å². The molecule has 0 spiro atoms. The van der Waals surface area contributed by atoms with Crippen molar-refractivity contribution in [2.45, 2.75) is 39.5 Å². The highest BCUT2D eigenvalue weighted by Gasteiger charge is 2.31. The Hall–Kier alpha value is -3.89. The molecular formula is C42H42BI. The summed E-state index contributed by atoms with van der Waals surface area (Å²) < 4.78 is 3.00. The summed E-state index contributed by atoms with van der Waals surface area (Å²) >= 11 is -0.0366. The fourth-order valence-electron chi connectivity index (χ4n) is 6.07. The second-order valence-corrected chi connectivity index (χ2v) is 15.0. The molecule has 2 heteroatoms. The van der Waals surface area contributed by atoms with E-state index in [4.69, 9.17) is 0 Å². The first-order valence-corrected chi connectivity index (χ1v) is 17.9. The van der Waals surface area contributed by atoms with E-state index < -0.39 is 6.15 Å². The standard InChI is InChI=1S/C24H20B.C18H22I/c1-5-13-21(14-6-1)25(22-15-7-2-8-16-22,23-17-9-3-10-18-23)24-19-11-4-12-20-24;1-13(2)15-5-9-17(10-6-15)19-18-11-7-16(8-12-18)14(3)4/h1-20H;5-14H,1-4H3/q-1;+1. The normalized spacial score (nSPS) is 11.2. The Morgan fingerprint density at radius 2 is 0.591 bits per heavy atom. The molecule has 0 fully saturated rings. The Bertz CT molecular complexity index is 1460. The highest BCUT2D eigenvalue weighted by molar-refractivity contribution is 7.19. The lowest BCUT2D eigenvalue weighted by molar-refractivity contribution is -0.597. The molecule has 0 aliphatic carbocycles. The molecule has 0 saturated carbocycles. The summed E-state index contributed by atoms with van der Waals surface area (Å²) in [6.45, 7) is 8.98. The van der Waals surface area contributed by atoms with Crippen LogP contribution in [0.25, 0.3) is 0 Å². The lowest BCUT2D eigenvalue weighted by Gasteiger charge is -2.44. The van der Waals surface area contributed by atoms with Gasteiger partial charge in [-0.3, -0.25) is 0 Å². The maximum atomic E-state index is 2.30. The zero-order chi connectivity index (χ0) is 30.8. The monoisotopic (exact) mass is 684 g/mol. The molecule has 0 aromatic heterocycles. The van der Waals surface area contributed by atoms with E-state index in [1.54, 1.807) is 0 Å². The summed E-state index contributed by atoms with van der Waals surface area (Å²) in [5, 5.41) is 0. The van der Waals surface area contributed by atoms with Crippen LogP contribution in [0.5, 0.6) is 0 Å². The Balaban J connectivity index is 0.000000182. The van der Waals surface area contributed by atoms with Gasteiger partial charge in [0, 0.05) is 0 Å². The molecule has 0 atom stereocenters. The Kier molecular flexibility index (Phi) is 10.9. The van der Waals surface area contributed by atoms with E-state index in [0.717, 1.165) is 0 Å². The second-order valence-electron chi connectivity index (χ2n) is 12.0. The van der Waals surface area contributed by atoms with Crippen molar-refractivity contribution in [1.29, 1.82) is 0 Å². The van der Waals surface area contributed by atoms with Gasteiger partial charge in [-0.25, -0.2) is 0 Å². The zero-order valence-corrected chi connectivity index (χ0v) is 28.4. The van der Waals surface area contributed by atoms with Gasteiger partial charge in [0.2, 0.25) is 0 Å². The SMILES string of the molecule is CC(C)c1ccc([I+]c2ccc(C(C)C)cc2)cc1.c1ccc([B-](c2ccccc2)(c2ccccc2)c2ccccc2)cc1. The number of hydrogen-bond acceptors (Lipinski definition) is 0. The second kappa shape index (κ2) is 15.2. The molecule has 0 aliphatic rings. The molecule has 0 unspecified atom stereocenters. The first-order valence-electron chi connectivity index (χ1n) is 15.7. The van der Waals surface area contributed by atoms with Crippen LogP contribution in [-0.2, 0) is 0 Å². The van der Waals surface area contributed by atoms with E-state index in [0.29, 0.717) is 11.8 Å². The van der Waals surface area contributed by atoms with Crippen molar-refractivity contribution in [3.8, 4) is 0 Å². The molecule has 6 rings (SSSR count). The van der Waals surface area contributed by atoms with E-state index >= 15 is 0 Å². The molecule has 0 radical (unpaired) electrons. The molecule has 0 bridgehead atoms. The van der Waals surface area contributed by atoms with Crippen LogP contribution in [-0.4, -0.2) is 6.15 Å². The van der Waals surface area contributed by atoms with Crippen LogP contribution in [0.15, 0.2) is 170 Å². The Morgan fingerprint density at radius 1 is 0.341 bits per heavy atom. The number of benzene rings is 6. The molecule has 0 heterocycles. The Labute approximate surface area is 275 Å². The lowest BCUT2D eigenvalue weighted by Crippen LogP contribution is -3.61. The minimum atomic E-state index is -1.22. The van der Waals surface area contributed by atoms with Crippen molar-refractivity contribution in [3.05, 3.63) is 188 Å². The van der Waals surface area contributed by atoms with Crippen LogP contribution in [0.1, 0.15) is 50.7 Å². The summed E-state index contributed by atoms with van der Waals surface area (Å²) in [6, 6.07) is 61.9. The molecule has 44 heavy (non-hydrogen) atoms. The van der Waals surface area contributed by atoms with E-state index in [9.17, 15) is 0 Å². The van der Waals surface area contributed by atoms with Crippen LogP contribution in [0.4, 0.5) is 0 Å². The van der Waals surface area contributed by atoms with Gasteiger partial charge in [-0.05, 0) is 47.2 Å². The molecule has 0 nitrogen and oxygen atoms in total. The van der Waals surface area contributed by atoms with Crippen molar-refractivity contribution in [2.24, 2.45) is 0 Å². The van der Waals surface area contributed by atoms with Gasteiger partial charge in [-0.2, -0.15) is 21.9 Å². The molecule has 0 N–H and O–H groups in total. The molecule has 6 aromatic carbocycles. The quantitative estimate of drug-likeness (QED) is 0.154. The fourth-order valence-corrected chi connectivity index (χ4v) is 8.23. The lowest BCUT2D eigenvalue weighted by atomic mass is 9.13. The third-order valence-electron chi connectivity index (χ3n) is 8.49. The average Bonchev–Trinajstić information content (AvgIpc) is 3.08. The summed E-state index contributed by atoms with van der Waals surface area (Å²) in [6.07, 6.45) is -1.22. The molecule has 6 aromatic rings. The number of rotatable bonds is 8. The summed E-state index contributed by atoms with van der Waals surface area (Å²) in [5.74, 6) is 1.25. The van der Waals surface area contributed by atoms with Crippen LogP contribution in [0.3, 0.4) is 0 Å². The zero-order valence-electron chi connectivity index (χ0n) is 26.3. The van der Waals surface area contributed by atoms with Crippen molar-refractivity contribution in [2.75, 3.05) is 0 Å². The molecule has 0 aliphatic heterocycles. The van der Waals surface area contributed by atoms with E-state index in [1.165, 1.54) is 40.1 Å². The Morgan fingerprint density at radius 3 is 0.818 bits per heavy atom. The van der Waals surface area contributed by atoms with Gasteiger partial charge in [-0.1, -0.05) is 173 Å². The van der Waals surface area contributed by atoms with E-state index in [2.05, 4.69) is 198 Å². The van der Waals surface area contributed by atoms with Crippen molar-refractivity contribution >= 4 is 28.0 Å². The van der Waals surface area contributed by atoms with Gasteiger partial charge in [0.1, 0.15) is 6.15 Å². The maximum absolute atomic E-state index is 2.30. The highest BCUT2D eigenvalue weighted by atomic mass is 127. The topological polar surface area (TPSA) is 0 Å². The first kappa shape index (κ1) is 31.5. The third kappa shape index (κ3) is 7.42. The third-order valence-corrected chi connectivity index (χ3v) is 11.2. The predicted octanol–water partition coefficient (Wildman–Crippen LogP) is 5.13. The van der Waals surface area contributed by atoms with Crippen molar-refractivity contribution < 1.29 is 21.2 Å². The summed E-state index contributed by atoms with van der Waals surface area (Å²) in [7, 11) is 0. The van der Waals surface area contributed by atoms with Gasteiger partial charge in [0.25, 0.3) is 0 Å². The van der Waals surface area contributed by atoms with Crippen LogP contribution >= 0.6 is 0 Å². The first-order chi connectivity index (χ1) is 21.5. The smallest absolute Gasteiger partial charge is 0.195 e. The van der Waals surface area contributed by atoms with Crippen LogP contribution in [0, 0.1) is 7.14 Å². The number of halogens is 1. The minimum absolute atomic E-state index is 0.0366. The van der Waals surface area contributed by atoms with Gasteiger partial charge >= 0.3 is 21.2 Å². The van der Waals surface area contributed by atoms with Gasteiger partial charge in [0.15, 0.2) is 7.14 Å². The largest absolute Gasteiger partial charge is 0.357 e. The fraction of sp³-hybridized carbons (Fsp3) is 0.143. The maximum Gasteiger partial charge on any atom is 0.357 e. The van der Waals surface area contributed by atoms with Gasteiger partial charge < -0.3 is 0 Å². The van der Waals surface area contributed by atoms with Gasteiger partial charge in [-0.15, -0.1) is 0 Å². The predicted molar refractivity (Wildman–Crippen MR) is 189 cm³/mol. The summed E-state index contributed by atoms with van der Waals surface area (Å²) in [4.78, 5) is 0. The molecule has 0 saturated heterocycles. The minimum Gasteiger partial charge on any atom is -0.195 e. The van der Waals surface area contributed by atoms with Crippen LogP contribution in [0.2, 0.25) is 0 Å². The average molecular weight is 685 g/mol. The van der Waals surface area contributed by atoms with Gasteiger partial charge in [0.05, 0.1) is 0 Å². The molecular weight excluding hydrogens is 642 g/mol. The van der Waals surface area contributed by atoms with E-state index in [-0.39, 0.29) is 21.2 Å². The summed E-state index contributed by atoms with van der Waals surface area (Å²) in [5.41, 5.74) is 8.22. The molecule has 0 amide bonds. The number of hydrogen-bond donors (Lipinski definition) is 0. The van der Waals surface area contributed by atoms with E-state index in [1.807, 2.05) is 0 Å².